The molecule has 0 bridgehead atoms. The van der Waals surface area contributed by atoms with Crippen molar-refractivity contribution in [3.05, 3.63) is 34.1 Å². The molecule has 4 heteroatoms. The Morgan fingerprint density at radius 1 is 1.53 bits per heavy atom. The number of rotatable bonds is 3. The van der Waals surface area contributed by atoms with Crippen LogP contribution in [0.2, 0.25) is 0 Å². The molecule has 1 aliphatic rings. The Labute approximate surface area is 96.9 Å². The lowest BCUT2D eigenvalue weighted by Crippen LogP contribution is -2.28. The molecule has 0 radical (unpaired) electrons. The monoisotopic (exact) mass is 273 g/mol. The van der Waals surface area contributed by atoms with E-state index in [9.17, 15) is 4.39 Å². The van der Waals surface area contributed by atoms with Crippen molar-refractivity contribution in [2.45, 2.75) is 19.0 Å². The van der Waals surface area contributed by atoms with Crippen molar-refractivity contribution < 1.29 is 9.13 Å². The lowest BCUT2D eigenvalue weighted by atomic mass is 10.2. The minimum absolute atomic E-state index is 0.213. The summed E-state index contributed by atoms with van der Waals surface area (Å²) in [6, 6.07) is 5.19. The fourth-order valence-corrected chi connectivity index (χ4v) is 2.11. The second-order valence-corrected chi connectivity index (χ2v) is 4.53. The molecule has 1 aromatic carbocycles. The number of halogens is 2. The number of nitrogens with one attached hydrogen (secondary N) is 1. The lowest BCUT2D eigenvalue weighted by molar-refractivity contribution is 0.190. The van der Waals surface area contributed by atoms with E-state index < -0.39 is 0 Å². The number of hydrogen-bond acceptors (Lipinski definition) is 2. The van der Waals surface area contributed by atoms with Gasteiger partial charge >= 0.3 is 0 Å². The quantitative estimate of drug-likeness (QED) is 0.914. The Hall–Kier alpha value is -0.450. The van der Waals surface area contributed by atoms with E-state index in [1.54, 1.807) is 6.07 Å². The highest BCUT2D eigenvalue weighted by Crippen LogP contribution is 2.18. The molecule has 0 spiro atoms. The fourth-order valence-electron chi connectivity index (χ4n) is 1.61. The first kappa shape index (κ1) is 11.0. The van der Waals surface area contributed by atoms with Gasteiger partial charge in [0.15, 0.2) is 0 Å². The molecule has 2 rings (SSSR count). The van der Waals surface area contributed by atoms with E-state index in [2.05, 4.69) is 21.2 Å². The molecular weight excluding hydrogens is 261 g/mol. The van der Waals surface area contributed by atoms with Gasteiger partial charge in [0.05, 0.1) is 6.61 Å². The molecule has 1 fully saturated rings. The zero-order valence-corrected chi connectivity index (χ0v) is 9.89. The van der Waals surface area contributed by atoms with Gasteiger partial charge in [0, 0.05) is 23.7 Å². The van der Waals surface area contributed by atoms with Crippen LogP contribution in [0.3, 0.4) is 0 Å². The van der Waals surface area contributed by atoms with E-state index in [4.69, 9.17) is 4.74 Å². The smallest absolute Gasteiger partial charge is 0.124 e. The second-order valence-electron chi connectivity index (χ2n) is 3.68. The van der Waals surface area contributed by atoms with Crippen LogP contribution in [-0.2, 0) is 11.3 Å². The van der Waals surface area contributed by atoms with Gasteiger partial charge in [0.25, 0.3) is 0 Å². The normalized spacial score (nSPS) is 20.8. The summed E-state index contributed by atoms with van der Waals surface area (Å²) in [4.78, 5) is 0. The summed E-state index contributed by atoms with van der Waals surface area (Å²) in [6.45, 7) is 2.36. The van der Waals surface area contributed by atoms with Crippen LogP contribution in [0.5, 0.6) is 0 Å². The molecule has 15 heavy (non-hydrogen) atoms. The predicted octanol–water partition coefficient (Wildman–Crippen LogP) is 2.47. The first-order valence-electron chi connectivity index (χ1n) is 5.01. The van der Waals surface area contributed by atoms with Crippen LogP contribution >= 0.6 is 15.9 Å². The minimum atomic E-state index is -0.213. The number of hydrogen-bond donors (Lipinski definition) is 1. The van der Waals surface area contributed by atoms with Crippen molar-refractivity contribution in [3.8, 4) is 0 Å². The van der Waals surface area contributed by atoms with Crippen LogP contribution in [0.25, 0.3) is 0 Å². The first-order valence-corrected chi connectivity index (χ1v) is 5.80. The highest BCUT2D eigenvalue weighted by atomic mass is 79.9. The molecule has 1 heterocycles. The summed E-state index contributed by atoms with van der Waals surface area (Å²) >= 11 is 3.35. The first-order chi connectivity index (χ1) is 7.25. The Bertz CT molecular complexity index is 339. The zero-order chi connectivity index (χ0) is 10.7. The molecule has 1 unspecified atom stereocenters. The van der Waals surface area contributed by atoms with Crippen molar-refractivity contribution in [2.24, 2.45) is 0 Å². The average molecular weight is 274 g/mol. The fraction of sp³-hybridized carbons (Fsp3) is 0.455. The standard InChI is InChI=1S/C11H13BrFNO/c12-11-5-9(13)2-1-8(11)6-14-10-3-4-15-7-10/h1-2,5,10,14H,3-4,6-7H2. The van der Waals surface area contributed by atoms with Crippen LogP contribution in [0, 0.1) is 5.82 Å². The maximum Gasteiger partial charge on any atom is 0.124 e. The molecule has 1 aromatic rings. The van der Waals surface area contributed by atoms with Gasteiger partial charge in [-0.25, -0.2) is 4.39 Å². The number of ether oxygens (including phenoxy) is 1. The Morgan fingerprint density at radius 3 is 3.07 bits per heavy atom. The molecule has 1 aliphatic heterocycles. The van der Waals surface area contributed by atoms with E-state index in [1.807, 2.05) is 0 Å². The highest BCUT2D eigenvalue weighted by Gasteiger charge is 2.14. The van der Waals surface area contributed by atoms with E-state index in [-0.39, 0.29) is 5.82 Å². The van der Waals surface area contributed by atoms with Crippen LogP contribution < -0.4 is 5.32 Å². The molecule has 1 N–H and O–H groups in total. The predicted molar refractivity (Wildman–Crippen MR) is 60.2 cm³/mol. The summed E-state index contributed by atoms with van der Waals surface area (Å²) in [5.41, 5.74) is 1.07. The van der Waals surface area contributed by atoms with E-state index in [0.29, 0.717) is 6.04 Å². The van der Waals surface area contributed by atoms with Gasteiger partial charge in [-0.3, -0.25) is 0 Å². The molecule has 82 valence electrons. The molecule has 2 nitrogen and oxygen atoms in total. The van der Waals surface area contributed by atoms with Crippen molar-refractivity contribution in [3.63, 3.8) is 0 Å². The SMILES string of the molecule is Fc1ccc(CNC2CCOC2)c(Br)c1. The van der Waals surface area contributed by atoms with Crippen LogP contribution in [0.4, 0.5) is 4.39 Å². The van der Waals surface area contributed by atoms with Gasteiger partial charge in [-0.05, 0) is 24.1 Å². The maximum atomic E-state index is 12.8. The maximum absolute atomic E-state index is 12.8. The van der Waals surface area contributed by atoms with Gasteiger partial charge in [0.1, 0.15) is 5.82 Å². The molecule has 0 saturated carbocycles. The average Bonchev–Trinajstić information content (AvgIpc) is 2.69. The summed E-state index contributed by atoms with van der Waals surface area (Å²) in [5.74, 6) is -0.213. The molecule has 1 atom stereocenters. The van der Waals surface area contributed by atoms with Crippen molar-refractivity contribution in [1.29, 1.82) is 0 Å². The van der Waals surface area contributed by atoms with Gasteiger partial charge in [-0.2, -0.15) is 0 Å². The summed E-state index contributed by atoms with van der Waals surface area (Å²) in [7, 11) is 0. The molecule has 0 amide bonds. The van der Waals surface area contributed by atoms with Gasteiger partial charge in [-0.1, -0.05) is 22.0 Å². The Kier molecular flexibility index (Phi) is 3.72. The summed E-state index contributed by atoms with van der Waals surface area (Å²) in [6.07, 6.45) is 1.05. The Morgan fingerprint density at radius 2 is 2.40 bits per heavy atom. The van der Waals surface area contributed by atoms with E-state index >= 15 is 0 Å². The third-order valence-electron chi connectivity index (χ3n) is 2.53. The largest absolute Gasteiger partial charge is 0.380 e. The minimum Gasteiger partial charge on any atom is -0.380 e. The van der Waals surface area contributed by atoms with E-state index in [0.717, 1.165) is 36.2 Å². The van der Waals surface area contributed by atoms with Crippen molar-refractivity contribution >= 4 is 15.9 Å². The van der Waals surface area contributed by atoms with E-state index in [1.165, 1.54) is 12.1 Å². The lowest BCUT2D eigenvalue weighted by Gasteiger charge is -2.11. The molecule has 0 aromatic heterocycles. The summed E-state index contributed by atoms with van der Waals surface area (Å²) in [5, 5.41) is 3.38. The van der Waals surface area contributed by atoms with Crippen LogP contribution in [0.15, 0.2) is 22.7 Å². The number of benzene rings is 1. The van der Waals surface area contributed by atoms with Gasteiger partial charge < -0.3 is 10.1 Å². The second kappa shape index (κ2) is 5.05. The van der Waals surface area contributed by atoms with Crippen LogP contribution in [0.1, 0.15) is 12.0 Å². The zero-order valence-electron chi connectivity index (χ0n) is 8.30. The Balaban J connectivity index is 1.92. The molecule has 0 aliphatic carbocycles. The van der Waals surface area contributed by atoms with Crippen LogP contribution in [-0.4, -0.2) is 19.3 Å². The van der Waals surface area contributed by atoms with Gasteiger partial charge in [0.2, 0.25) is 0 Å². The van der Waals surface area contributed by atoms with Crippen molar-refractivity contribution in [2.75, 3.05) is 13.2 Å². The molecule has 1 saturated heterocycles. The topological polar surface area (TPSA) is 21.3 Å². The third-order valence-corrected chi connectivity index (χ3v) is 3.26. The van der Waals surface area contributed by atoms with Gasteiger partial charge in [-0.15, -0.1) is 0 Å². The third kappa shape index (κ3) is 3.00. The molecular formula is C11H13BrFNO. The highest BCUT2D eigenvalue weighted by molar-refractivity contribution is 9.10. The van der Waals surface area contributed by atoms with Crippen molar-refractivity contribution in [1.82, 2.24) is 5.32 Å². The summed E-state index contributed by atoms with van der Waals surface area (Å²) < 4.78 is 18.9.